The van der Waals surface area contributed by atoms with Crippen LogP contribution >= 0.6 is 12.2 Å². The molecule has 0 aromatic carbocycles. The molecule has 0 radical (unpaired) electrons. The number of anilines is 1. The lowest BCUT2D eigenvalue weighted by molar-refractivity contribution is -0.137. The first kappa shape index (κ1) is 14.0. The summed E-state index contributed by atoms with van der Waals surface area (Å²) in [6.45, 7) is 2.16. The minimum Gasteiger partial charge on any atom is -0.392 e. The van der Waals surface area contributed by atoms with Crippen LogP contribution in [-0.2, 0) is 9.59 Å². The van der Waals surface area contributed by atoms with Crippen LogP contribution in [0, 0.1) is 0 Å². The van der Waals surface area contributed by atoms with Crippen molar-refractivity contribution < 1.29 is 9.59 Å². The van der Waals surface area contributed by atoms with Gasteiger partial charge in [-0.15, -0.1) is 0 Å². The van der Waals surface area contributed by atoms with Crippen LogP contribution in [0.15, 0.2) is 24.5 Å². The minimum atomic E-state index is -0.735. The molecule has 0 saturated carbocycles. The molecule has 2 amide bonds. The normalized spacial score (nSPS) is 9.61. The molecule has 1 heterocycles. The molecule has 18 heavy (non-hydrogen) atoms. The van der Waals surface area contributed by atoms with Crippen molar-refractivity contribution in [2.24, 2.45) is 5.73 Å². The summed E-state index contributed by atoms with van der Waals surface area (Å²) in [6, 6.07) is 3.31. The first-order valence-corrected chi connectivity index (χ1v) is 5.75. The van der Waals surface area contributed by atoms with E-state index < -0.39 is 11.8 Å². The monoisotopic (exact) mass is 266 g/mol. The smallest absolute Gasteiger partial charge is 0.316 e. The van der Waals surface area contributed by atoms with E-state index in [1.807, 2.05) is 0 Å². The molecular weight excluding hydrogens is 252 g/mol. The summed E-state index contributed by atoms with van der Waals surface area (Å²) in [7, 11) is 0. The summed E-state index contributed by atoms with van der Waals surface area (Å²) in [6.07, 6.45) is 3.11. The van der Waals surface area contributed by atoms with Crippen LogP contribution in [0.25, 0.3) is 0 Å². The van der Waals surface area contributed by atoms with Crippen molar-refractivity contribution in [3.05, 3.63) is 24.5 Å². The van der Waals surface area contributed by atoms with Gasteiger partial charge in [-0.1, -0.05) is 12.2 Å². The summed E-state index contributed by atoms with van der Waals surface area (Å²) in [4.78, 5) is 28.8. The number of aromatic nitrogens is 1. The Balaban J connectivity index is 2.74. The van der Waals surface area contributed by atoms with Crippen LogP contribution in [0.4, 0.5) is 5.69 Å². The second-order valence-electron chi connectivity index (χ2n) is 3.40. The largest absolute Gasteiger partial charge is 0.392 e. The topological polar surface area (TPSA) is 88.3 Å². The zero-order valence-electron chi connectivity index (χ0n) is 9.92. The minimum absolute atomic E-state index is 0.00774. The number of carbonyl (C=O) groups excluding carboxylic acids is 2. The van der Waals surface area contributed by atoms with Gasteiger partial charge in [0.05, 0.1) is 11.5 Å². The third kappa shape index (κ3) is 3.77. The van der Waals surface area contributed by atoms with Gasteiger partial charge >= 0.3 is 11.8 Å². The summed E-state index contributed by atoms with van der Waals surface area (Å²) >= 11 is 4.62. The van der Waals surface area contributed by atoms with Crippen LogP contribution < -0.4 is 16.0 Å². The molecule has 0 bridgehead atoms. The molecule has 0 fully saturated rings. The number of nitrogens with zero attached hydrogens (tertiary/aromatic N) is 2. The SMILES string of the molecule is CCN(C(=O)C(=O)NCC(N)=S)c1ccncc1. The second-order valence-corrected chi connectivity index (χ2v) is 3.93. The zero-order valence-corrected chi connectivity index (χ0v) is 10.7. The summed E-state index contributed by atoms with van der Waals surface area (Å²) in [5.41, 5.74) is 5.86. The molecule has 0 aliphatic rings. The zero-order chi connectivity index (χ0) is 13.5. The number of carbonyl (C=O) groups is 2. The molecule has 0 aliphatic heterocycles. The third-order valence-electron chi connectivity index (χ3n) is 2.15. The molecule has 6 nitrogen and oxygen atoms in total. The van der Waals surface area contributed by atoms with Gasteiger partial charge in [-0.05, 0) is 19.1 Å². The Bertz CT molecular complexity index is 450. The quantitative estimate of drug-likeness (QED) is 0.584. The van der Waals surface area contributed by atoms with Gasteiger partial charge < -0.3 is 16.0 Å². The third-order valence-corrected chi connectivity index (χ3v) is 2.30. The van der Waals surface area contributed by atoms with Crippen molar-refractivity contribution in [3.63, 3.8) is 0 Å². The highest BCUT2D eigenvalue weighted by molar-refractivity contribution is 7.80. The molecule has 0 saturated heterocycles. The first-order chi connectivity index (χ1) is 8.56. The summed E-state index contributed by atoms with van der Waals surface area (Å²) in [5.74, 6) is -1.39. The van der Waals surface area contributed by atoms with Crippen LogP contribution in [0.1, 0.15) is 6.92 Å². The van der Waals surface area contributed by atoms with E-state index in [1.165, 1.54) is 4.90 Å². The average Bonchev–Trinajstić information content (AvgIpc) is 2.38. The van der Waals surface area contributed by atoms with E-state index in [0.29, 0.717) is 12.2 Å². The maximum absolute atomic E-state index is 11.9. The van der Waals surface area contributed by atoms with Gasteiger partial charge in [0.2, 0.25) is 0 Å². The summed E-state index contributed by atoms with van der Waals surface area (Å²) < 4.78 is 0. The van der Waals surface area contributed by atoms with Gasteiger partial charge in [0, 0.05) is 24.6 Å². The molecule has 3 N–H and O–H groups in total. The van der Waals surface area contributed by atoms with Crippen LogP contribution in [-0.4, -0.2) is 34.9 Å². The van der Waals surface area contributed by atoms with Crippen molar-refractivity contribution in [2.45, 2.75) is 6.92 Å². The van der Waals surface area contributed by atoms with E-state index in [1.54, 1.807) is 31.5 Å². The Morgan fingerprint density at radius 2 is 2.06 bits per heavy atom. The highest BCUT2D eigenvalue weighted by Gasteiger charge is 2.21. The molecule has 0 unspecified atom stereocenters. The van der Waals surface area contributed by atoms with E-state index in [0.717, 1.165) is 0 Å². The van der Waals surface area contributed by atoms with E-state index in [-0.39, 0.29) is 11.5 Å². The average molecular weight is 266 g/mol. The molecule has 1 aromatic heterocycles. The van der Waals surface area contributed by atoms with E-state index in [9.17, 15) is 9.59 Å². The van der Waals surface area contributed by atoms with E-state index in [4.69, 9.17) is 5.73 Å². The van der Waals surface area contributed by atoms with Crippen LogP contribution in [0.3, 0.4) is 0 Å². The summed E-state index contributed by atoms with van der Waals surface area (Å²) in [5, 5.41) is 2.35. The fourth-order valence-electron chi connectivity index (χ4n) is 1.33. The second kappa shape index (κ2) is 6.65. The fourth-order valence-corrected chi connectivity index (χ4v) is 1.41. The van der Waals surface area contributed by atoms with Crippen molar-refractivity contribution in [1.82, 2.24) is 10.3 Å². The van der Waals surface area contributed by atoms with Crippen molar-refractivity contribution in [1.29, 1.82) is 0 Å². The maximum Gasteiger partial charge on any atom is 0.316 e. The number of thiocarbonyl (C=S) groups is 1. The first-order valence-electron chi connectivity index (χ1n) is 5.34. The Morgan fingerprint density at radius 3 is 2.56 bits per heavy atom. The Hall–Kier alpha value is -2.02. The fraction of sp³-hybridized carbons (Fsp3) is 0.273. The number of nitrogens with one attached hydrogen (secondary N) is 1. The van der Waals surface area contributed by atoms with Crippen LogP contribution in [0.2, 0.25) is 0 Å². The Labute approximate surface area is 110 Å². The lowest BCUT2D eigenvalue weighted by Crippen LogP contribution is -2.45. The number of likely N-dealkylation sites (N-methyl/N-ethyl adjacent to an activating group) is 1. The maximum atomic E-state index is 11.9. The number of rotatable bonds is 4. The molecule has 1 rings (SSSR count). The van der Waals surface area contributed by atoms with Crippen molar-refractivity contribution >= 4 is 34.7 Å². The predicted octanol–water partition coefficient (Wildman–Crippen LogP) is -0.163. The molecule has 1 aromatic rings. The highest BCUT2D eigenvalue weighted by Crippen LogP contribution is 2.11. The van der Waals surface area contributed by atoms with Gasteiger partial charge in [0.1, 0.15) is 0 Å². The van der Waals surface area contributed by atoms with Gasteiger partial charge in [0.15, 0.2) is 0 Å². The van der Waals surface area contributed by atoms with Crippen molar-refractivity contribution in [3.8, 4) is 0 Å². The Morgan fingerprint density at radius 1 is 1.44 bits per heavy atom. The van der Waals surface area contributed by atoms with Gasteiger partial charge in [-0.2, -0.15) is 0 Å². The lowest BCUT2D eigenvalue weighted by Gasteiger charge is -2.19. The number of nitrogens with two attached hydrogens (primary N) is 1. The highest BCUT2D eigenvalue weighted by atomic mass is 32.1. The molecular formula is C11H14N4O2S. The Kier molecular flexibility index (Phi) is 5.19. The molecule has 0 spiro atoms. The number of hydrogen-bond acceptors (Lipinski definition) is 4. The van der Waals surface area contributed by atoms with Gasteiger partial charge in [-0.25, -0.2) is 0 Å². The molecule has 7 heteroatoms. The number of pyridine rings is 1. The van der Waals surface area contributed by atoms with E-state index in [2.05, 4.69) is 22.5 Å². The van der Waals surface area contributed by atoms with Crippen molar-refractivity contribution in [2.75, 3.05) is 18.0 Å². The molecule has 0 atom stereocenters. The molecule has 96 valence electrons. The standard InChI is InChI=1S/C11H14N4O2S/c1-2-15(8-3-5-13-6-4-8)11(17)10(16)14-7-9(12)18/h3-6H,2,7H2,1H3,(H2,12,18)(H,14,16). The predicted molar refractivity (Wildman–Crippen MR) is 72.1 cm³/mol. The van der Waals surface area contributed by atoms with Gasteiger partial charge in [-0.3, -0.25) is 14.6 Å². The number of hydrogen-bond donors (Lipinski definition) is 2. The van der Waals surface area contributed by atoms with E-state index >= 15 is 0 Å². The number of amides is 2. The lowest BCUT2D eigenvalue weighted by atomic mass is 10.3. The molecule has 0 aliphatic carbocycles. The van der Waals surface area contributed by atoms with Crippen LogP contribution in [0.5, 0.6) is 0 Å². The van der Waals surface area contributed by atoms with Gasteiger partial charge in [0.25, 0.3) is 0 Å².